The molecule has 1 aliphatic rings. The fourth-order valence-corrected chi connectivity index (χ4v) is 2.72. The van der Waals surface area contributed by atoms with E-state index in [2.05, 4.69) is 26.1 Å². The lowest BCUT2D eigenvalue weighted by Crippen LogP contribution is -2.37. The molecule has 1 aromatic carbocycles. The largest absolute Gasteiger partial charge is 0.481 e. The van der Waals surface area contributed by atoms with Gasteiger partial charge in [0.1, 0.15) is 0 Å². The number of hydrogen-bond acceptors (Lipinski definition) is 2. The van der Waals surface area contributed by atoms with E-state index in [-0.39, 0.29) is 18.0 Å². The Morgan fingerprint density at radius 3 is 2.39 bits per heavy atom. The van der Waals surface area contributed by atoms with Crippen molar-refractivity contribution in [1.29, 1.82) is 0 Å². The second-order valence-electron chi connectivity index (χ2n) is 7.28. The van der Waals surface area contributed by atoms with E-state index in [1.807, 2.05) is 24.3 Å². The minimum absolute atomic E-state index is 0.112. The van der Waals surface area contributed by atoms with E-state index < -0.39 is 11.4 Å². The molecular weight excluding hydrogens is 292 g/mol. The molecule has 1 heterocycles. The maximum absolute atomic E-state index is 12.3. The summed E-state index contributed by atoms with van der Waals surface area (Å²) in [6, 6.07) is 7.63. The first-order valence-corrected chi connectivity index (χ1v) is 8.08. The average molecular weight is 318 g/mol. The van der Waals surface area contributed by atoms with E-state index >= 15 is 0 Å². The van der Waals surface area contributed by atoms with Crippen molar-refractivity contribution >= 4 is 17.7 Å². The van der Waals surface area contributed by atoms with Gasteiger partial charge in [0.05, 0.1) is 5.41 Å². The molecule has 0 spiro atoms. The first-order chi connectivity index (χ1) is 10.7. The number of carbonyl (C=O) groups excluding carboxylic acids is 1. The molecule has 1 fully saturated rings. The Balaban J connectivity index is 2.00. The third-order valence-corrected chi connectivity index (χ3v) is 5.08. The number of nitrogens with zero attached hydrogens (tertiary/aromatic N) is 1. The summed E-state index contributed by atoms with van der Waals surface area (Å²) >= 11 is 0. The number of hydrogen-bond donors (Lipinski definition) is 2. The number of urea groups is 1. The smallest absolute Gasteiger partial charge is 0.321 e. The maximum atomic E-state index is 12.3. The van der Waals surface area contributed by atoms with Gasteiger partial charge in [-0.3, -0.25) is 4.79 Å². The van der Waals surface area contributed by atoms with E-state index in [0.717, 1.165) is 12.1 Å². The zero-order chi connectivity index (χ0) is 17.3. The fourth-order valence-electron chi connectivity index (χ4n) is 2.72. The van der Waals surface area contributed by atoms with Crippen LogP contribution in [0, 0.1) is 5.41 Å². The summed E-state index contributed by atoms with van der Waals surface area (Å²) in [5.74, 6) is -0.848. The molecule has 1 atom stereocenters. The van der Waals surface area contributed by atoms with Crippen molar-refractivity contribution in [3.63, 3.8) is 0 Å². The predicted octanol–water partition coefficient (Wildman–Crippen LogP) is 3.70. The highest BCUT2D eigenvalue weighted by Gasteiger charge is 2.42. The number of benzene rings is 1. The van der Waals surface area contributed by atoms with E-state index in [1.165, 1.54) is 5.56 Å². The van der Waals surface area contributed by atoms with Crippen LogP contribution in [0.4, 0.5) is 10.5 Å². The van der Waals surface area contributed by atoms with Crippen molar-refractivity contribution in [2.45, 2.75) is 46.0 Å². The molecule has 2 rings (SSSR count). The van der Waals surface area contributed by atoms with Crippen molar-refractivity contribution in [3.8, 4) is 0 Å². The Labute approximate surface area is 137 Å². The summed E-state index contributed by atoms with van der Waals surface area (Å²) in [6.07, 6.45) is 1.53. The Hall–Kier alpha value is -2.04. The highest BCUT2D eigenvalue weighted by Crippen LogP contribution is 2.31. The number of carboxylic acid groups (broad SMARTS) is 1. The van der Waals surface area contributed by atoms with Crippen LogP contribution >= 0.6 is 0 Å². The summed E-state index contributed by atoms with van der Waals surface area (Å²) < 4.78 is 0. The van der Waals surface area contributed by atoms with Crippen LogP contribution in [0.1, 0.15) is 46.1 Å². The second kappa shape index (κ2) is 6.22. The predicted molar refractivity (Wildman–Crippen MR) is 90.7 cm³/mol. The summed E-state index contributed by atoms with van der Waals surface area (Å²) in [6.45, 7) is 8.94. The molecule has 23 heavy (non-hydrogen) atoms. The van der Waals surface area contributed by atoms with Crippen molar-refractivity contribution in [3.05, 3.63) is 29.8 Å². The molecule has 1 unspecified atom stereocenters. The van der Waals surface area contributed by atoms with Gasteiger partial charge in [0.2, 0.25) is 0 Å². The van der Waals surface area contributed by atoms with Crippen molar-refractivity contribution in [2.75, 3.05) is 18.4 Å². The summed E-state index contributed by atoms with van der Waals surface area (Å²) in [7, 11) is 0. The highest BCUT2D eigenvalue weighted by molar-refractivity contribution is 5.90. The van der Waals surface area contributed by atoms with Crippen molar-refractivity contribution in [2.24, 2.45) is 5.41 Å². The van der Waals surface area contributed by atoms with Gasteiger partial charge in [-0.15, -0.1) is 0 Å². The highest BCUT2D eigenvalue weighted by atomic mass is 16.4. The minimum atomic E-state index is -0.848. The normalized spacial score (nSPS) is 21.3. The molecule has 2 N–H and O–H groups in total. The van der Waals surface area contributed by atoms with Gasteiger partial charge in [-0.25, -0.2) is 4.79 Å². The molecule has 0 bridgehead atoms. The number of amides is 2. The van der Waals surface area contributed by atoms with Crippen molar-refractivity contribution < 1.29 is 14.7 Å². The molecule has 0 aromatic heterocycles. The van der Waals surface area contributed by atoms with Gasteiger partial charge in [-0.1, -0.05) is 32.9 Å². The zero-order valence-corrected chi connectivity index (χ0v) is 14.3. The van der Waals surface area contributed by atoms with Crippen LogP contribution in [0.15, 0.2) is 24.3 Å². The van der Waals surface area contributed by atoms with E-state index in [9.17, 15) is 14.7 Å². The lowest BCUT2D eigenvalue weighted by molar-refractivity contribution is -0.146. The number of aliphatic carboxylic acids is 1. The van der Waals surface area contributed by atoms with Crippen LogP contribution in [0.5, 0.6) is 0 Å². The number of likely N-dealkylation sites (tertiary alicyclic amines) is 1. The number of rotatable bonds is 4. The Morgan fingerprint density at radius 1 is 1.30 bits per heavy atom. The fraction of sp³-hybridized carbons (Fsp3) is 0.556. The Morgan fingerprint density at radius 2 is 1.91 bits per heavy atom. The van der Waals surface area contributed by atoms with Crippen LogP contribution < -0.4 is 5.32 Å². The van der Waals surface area contributed by atoms with Gasteiger partial charge in [0.15, 0.2) is 0 Å². The molecule has 5 heteroatoms. The summed E-state index contributed by atoms with van der Waals surface area (Å²) in [4.78, 5) is 25.1. The SMILES string of the molecule is CCC(C)(C)c1ccc(NC(=O)N2CCC(C)(C(=O)O)C2)cc1. The molecule has 0 radical (unpaired) electrons. The molecule has 5 nitrogen and oxygen atoms in total. The van der Waals surface area contributed by atoms with Crippen LogP contribution in [-0.4, -0.2) is 35.1 Å². The maximum Gasteiger partial charge on any atom is 0.321 e. The van der Waals surface area contributed by atoms with Crippen LogP contribution in [0.2, 0.25) is 0 Å². The third-order valence-electron chi connectivity index (χ3n) is 5.08. The third kappa shape index (κ3) is 3.66. The molecule has 1 aromatic rings. The van der Waals surface area contributed by atoms with Crippen LogP contribution in [-0.2, 0) is 10.2 Å². The quantitative estimate of drug-likeness (QED) is 0.889. The first-order valence-electron chi connectivity index (χ1n) is 8.08. The van der Waals surface area contributed by atoms with Gasteiger partial charge in [0, 0.05) is 18.8 Å². The minimum Gasteiger partial charge on any atom is -0.481 e. The lowest BCUT2D eigenvalue weighted by Gasteiger charge is -2.24. The molecule has 0 saturated carbocycles. The van der Waals surface area contributed by atoms with Crippen molar-refractivity contribution in [1.82, 2.24) is 4.90 Å². The number of anilines is 1. The zero-order valence-electron chi connectivity index (χ0n) is 14.3. The van der Waals surface area contributed by atoms with Gasteiger partial charge in [-0.2, -0.15) is 0 Å². The van der Waals surface area contributed by atoms with Gasteiger partial charge < -0.3 is 15.3 Å². The molecule has 1 aliphatic heterocycles. The van der Waals surface area contributed by atoms with Gasteiger partial charge >= 0.3 is 12.0 Å². The van der Waals surface area contributed by atoms with E-state index in [4.69, 9.17) is 0 Å². The molecule has 0 aliphatic carbocycles. The Bertz CT molecular complexity index is 595. The molecule has 126 valence electrons. The Kier molecular flexibility index (Phi) is 4.68. The van der Waals surface area contributed by atoms with Crippen LogP contribution in [0.3, 0.4) is 0 Å². The first kappa shape index (κ1) is 17.3. The monoisotopic (exact) mass is 318 g/mol. The van der Waals surface area contributed by atoms with Gasteiger partial charge in [-0.05, 0) is 42.9 Å². The number of nitrogens with one attached hydrogen (secondary N) is 1. The standard InChI is InChI=1S/C18H26N2O3/c1-5-17(2,3)13-6-8-14(9-7-13)19-16(23)20-11-10-18(4,12-20)15(21)22/h6-9H,5,10-12H2,1-4H3,(H,19,23)(H,21,22). The van der Waals surface area contributed by atoms with Crippen LogP contribution in [0.25, 0.3) is 0 Å². The summed E-state index contributed by atoms with van der Waals surface area (Å²) in [5, 5.41) is 12.1. The van der Waals surface area contributed by atoms with E-state index in [1.54, 1.807) is 11.8 Å². The molecular formula is C18H26N2O3. The van der Waals surface area contributed by atoms with E-state index in [0.29, 0.717) is 13.0 Å². The number of carboxylic acids is 1. The topological polar surface area (TPSA) is 69.6 Å². The second-order valence-corrected chi connectivity index (χ2v) is 7.28. The molecule has 1 saturated heterocycles. The lowest BCUT2D eigenvalue weighted by atomic mass is 9.82. The summed E-state index contributed by atoms with van der Waals surface area (Å²) in [5.41, 5.74) is 1.24. The number of carbonyl (C=O) groups is 2. The molecule has 2 amide bonds. The average Bonchev–Trinajstić information content (AvgIpc) is 2.92. The van der Waals surface area contributed by atoms with Gasteiger partial charge in [0.25, 0.3) is 0 Å².